The maximum absolute atomic E-state index is 16.1. The SMILES string of the molecule is CC(C)(C)c1nc(-c2ccnc(N)n2)c(-c2cccc(N3CCN(c4ccc(F)cc4)C3=O)c2F)s1. The molecule has 0 bridgehead atoms. The molecular weight excluding hydrogens is 482 g/mol. The number of rotatable bonds is 4. The molecule has 0 radical (unpaired) electrons. The van der Waals surface area contributed by atoms with Crippen LogP contribution in [0, 0.1) is 11.6 Å². The highest BCUT2D eigenvalue weighted by Crippen LogP contribution is 2.43. The highest BCUT2D eigenvalue weighted by atomic mass is 32.1. The summed E-state index contributed by atoms with van der Waals surface area (Å²) in [5.74, 6) is -0.817. The standard InChI is InChI=1S/C26H24F2N6OS/c1-26(2,3)23-32-21(18-11-12-30-24(29)31-18)22(36-23)17-5-4-6-19(20(17)28)34-14-13-33(25(34)35)16-9-7-15(27)8-10-16/h4-12H,13-14H2,1-3H3,(H2,29,30,31). The van der Waals surface area contributed by atoms with Crippen LogP contribution in [-0.2, 0) is 5.41 Å². The molecule has 7 nitrogen and oxygen atoms in total. The number of thiazole rings is 1. The summed E-state index contributed by atoms with van der Waals surface area (Å²) in [5, 5.41) is 0.814. The van der Waals surface area contributed by atoms with Gasteiger partial charge in [0.05, 0.1) is 21.3 Å². The number of carbonyl (C=O) groups excluding carboxylic acids is 1. The fourth-order valence-electron chi connectivity index (χ4n) is 4.03. The molecule has 10 heteroatoms. The molecule has 0 spiro atoms. The van der Waals surface area contributed by atoms with Crippen LogP contribution in [0.15, 0.2) is 54.7 Å². The molecule has 2 amide bonds. The van der Waals surface area contributed by atoms with Crippen LogP contribution in [-0.4, -0.2) is 34.1 Å². The van der Waals surface area contributed by atoms with Gasteiger partial charge < -0.3 is 5.73 Å². The van der Waals surface area contributed by atoms with Crippen molar-refractivity contribution < 1.29 is 13.6 Å². The minimum atomic E-state index is -0.529. The molecule has 1 saturated heterocycles. The lowest BCUT2D eigenvalue weighted by Gasteiger charge is -2.20. The lowest BCUT2D eigenvalue weighted by molar-refractivity contribution is 0.255. The quantitative estimate of drug-likeness (QED) is 0.374. The third-order valence-electron chi connectivity index (χ3n) is 5.85. The molecule has 184 valence electrons. The first-order chi connectivity index (χ1) is 17.1. The minimum Gasteiger partial charge on any atom is -0.368 e. The minimum absolute atomic E-state index is 0.0986. The summed E-state index contributed by atoms with van der Waals surface area (Å²) < 4.78 is 29.4. The van der Waals surface area contributed by atoms with Gasteiger partial charge in [-0.25, -0.2) is 28.5 Å². The third kappa shape index (κ3) is 4.28. The number of urea groups is 1. The van der Waals surface area contributed by atoms with Crippen LogP contribution in [0.3, 0.4) is 0 Å². The molecular formula is C26H24F2N6OS. The van der Waals surface area contributed by atoms with Crippen molar-refractivity contribution in [1.82, 2.24) is 15.0 Å². The zero-order valence-corrected chi connectivity index (χ0v) is 20.8. The van der Waals surface area contributed by atoms with Gasteiger partial charge in [-0.05, 0) is 36.4 Å². The van der Waals surface area contributed by atoms with Crippen LogP contribution in [0.4, 0.5) is 30.9 Å². The van der Waals surface area contributed by atoms with E-state index in [2.05, 4.69) is 9.97 Å². The monoisotopic (exact) mass is 506 g/mol. The zero-order chi connectivity index (χ0) is 25.6. The summed E-state index contributed by atoms with van der Waals surface area (Å²) in [7, 11) is 0. The summed E-state index contributed by atoms with van der Waals surface area (Å²) in [5.41, 5.74) is 7.58. The number of halogens is 2. The van der Waals surface area contributed by atoms with Crippen LogP contribution in [0.25, 0.3) is 21.8 Å². The van der Waals surface area contributed by atoms with Crippen LogP contribution >= 0.6 is 11.3 Å². The second-order valence-corrected chi connectivity index (χ2v) is 10.4. The average molecular weight is 507 g/mol. The van der Waals surface area contributed by atoms with Gasteiger partial charge in [0.1, 0.15) is 11.5 Å². The van der Waals surface area contributed by atoms with Crippen molar-refractivity contribution in [2.75, 3.05) is 28.6 Å². The fourth-order valence-corrected chi connectivity index (χ4v) is 5.18. The molecule has 4 aromatic rings. The molecule has 0 atom stereocenters. The molecule has 2 aromatic heterocycles. The Bertz CT molecular complexity index is 1450. The maximum atomic E-state index is 16.1. The first-order valence-electron chi connectivity index (χ1n) is 11.4. The number of nitrogen functional groups attached to an aromatic ring is 1. The number of nitrogens with two attached hydrogens (primary N) is 1. The van der Waals surface area contributed by atoms with Gasteiger partial charge in [0.25, 0.3) is 0 Å². The number of amides is 2. The topological polar surface area (TPSA) is 88.2 Å². The first-order valence-corrected chi connectivity index (χ1v) is 12.2. The van der Waals surface area contributed by atoms with Crippen molar-refractivity contribution >= 4 is 34.7 Å². The Labute approximate surface area is 211 Å². The van der Waals surface area contributed by atoms with E-state index < -0.39 is 5.82 Å². The zero-order valence-electron chi connectivity index (χ0n) is 20.0. The number of hydrogen-bond acceptors (Lipinski definition) is 6. The Balaban J connectivity index is 1.57. The molecule has 5 rings (SSSR count). The Hall–Kier alpha value is -3.92. The molecule has 1 fully saturated rings. The van der Waals surface area contributed by atoms with Crippen LogP contribution < -0.4 is 15.5 Å². The van der Waals surface area contributed by atoms with E-state index in [1.165, 1.54) is 51.6 Å². The van der Waals surface area contributed by atoms with E-state index in [-0.39, 0.29) is 28.9 Å². The van der Waals surface area contributed by atoms with Crippen molar-refractivity contribution in [3.05, 3.63) is 71.4 Å². The molecule has 0 aliphatic carbocycles. The van der Waals surface area contributed by atoms with Gasteiger partial charge in [0.2, 0.25) is 5.95 Å². The summed E-state index contributed by atoms with van der Waals surface area (Å²) in [6.45, 7) is 6.75. The van der Waals surface area contributed by atoms with Crippen molar-refractivity contribution in [2.45, 2.75) is 26.2 Å². The Morgan fingerprint density at radius 3 is 2.39 bits per heavy atom. The molecule has 2 aromatic carbocycles. The summed E-state index contributed by atoms with van der Waals surface area (Å²) in [6, 6.07) is 12.0. The van der Waals surface area contributed by atoms with Crippen LogP contribution in [0.1, 0.15) is 25.8 Å². The molecule has 1 aliphatic heterocycles. The smallest absolute Gasteiger partial charge is 0.329 e. The Morgan fingerprint density at radius 2 is 1.69 bits per heavy atom. The van der Waals surface area contributed by atoms with Crippen LogP contribution in [0.5, 0.6) is 0 Å². The van der Waals surface area contributed by atoms with Gasteiger partial charge in [-0.15, -0.1) is 11.3 Å². The molecule has 3 heterocycles. The van der Waals surface area contributed by atoms with E-state index in [1.54, 1.807) is 24.3 Å². The Kier molecular flexibility index (Phi) is 5.91. The van der Waals surface area contributed by atoms with E-state index >= 15 is 4.39 Å². The van der Waals surface area contributed by atoms with E-state index in [9.17, 15) is 9.18 Å². The van der Waals surface area contributed by atoms with Crippen LogP contribution in [0.2, 0.25) is 0 Å². The number of aromatic nitrogens is 3. The first kappa shape index (κ1) is 23.8. The molecule has 1 aliphatic rings. The molecule has 0 saturated carbocycles. The van der Waals surface area contributed by atoms with Gasteiger partial charge in [0.15, 0.2) is 5.82 Å². The van der Waals surface area contributed by atoms with Crippen molar-refractivity contribution in [2.24, 2.45) is 0 Å². The average Bonchev–Trinajstić information content (AvgIpc) is 3.44. The molecule has 0 unspecified atom stereocenters. The van der Waals surface area contributed by atoms with Crippen molar-refractivity contribution in [3.63, 3.8) is 0 Å². The van der Waals surface area contributed by atoms with Gasteiger partial charge in [-0.3, -0.25) is 9.80 Å². The van der Waals surface area contributed by atoms with E-state index in [0.29, 0.717) is 40.6 Å². The highest BCUT2D eigenvalue weighted by molar-refractivity contribution is 7.15. The summed E-state index contributed by atoms with van der Waals surface area (Å²) in [4.78, 5) is 29.8. The number of anilines is 3. The van der Waals surface area contributed by atoms with Gasteiger partial charge in [-0.2, -0.15) is 0 Å². The number of nitrogens with zero attached hydrogens (tertiary/aromatic N) is 5. The Morgan fingerprint density at radius 1 is 0.972 bits per heavy atom. The van der Waals surface area contributed by atoms with Gasteiger partial charge in [0, 0.05) is 36.0 Å². The predicted molar refractivity (Wildman–Crippen MR) is 138 cm³/mol. The number of hydrogen-bond donors (Lipinski definition) is 1. The second kappa shape index (κ2) is 8.94. The number of carbonyl (C=O) groups is 1. The lowest BCUT2D eigenvalue weighted by Crippen LogP contribution is -2.32. The van der Waals surface area contributed by atoms with E-state index in [0.717, 1.165) is 5.01 Å². The van der Waals surface area contributed by atoms with Gasteiger partial charge in [-0.1, -0.05) is 32.9 Å². The highest BCUT2D eigenvalue weighted by Gasteiger charge is 2.34. The fraction of sp³-hybridized carbons (Fsp3) is 0.231. The van der Waals surface area contributed by atoms with E-state index in [1.807, 2.05) is 20.8 Å². The maximum Gasteiger partial charge on any atom is 0.329 e. The molecule has 36 heavy (non-hydrogen) atoms. The van der Waals surface area contributed by atoms with E-state index in [4.69, 9.17) is 10.7 Å². The van der Waals surface area contributed by atoms with Crippen molar-refractivity contribution in [1.29, 1.82) is 0 Å². The number of benzene rings is 2. The predicted octanol–water partition coefficient (Wildman–Crippen LogP) is 5.87. The largest absolute Gasteiger partial charge is 0.368 e. The third-order valence-corrected chi connectivity index (χ3v) is 7.36. The second-order valence-electron chi connectivity index (χ2n) is 9.45. The molecule has 2 N–H and O–H groups in total. The lowest BCUT2D eigenvalue weighted by atomic mass is 9.98. The van der Waals surface area contributed by atoms with Gasteiger partial charge >= 0.3 is 6.03 Å². The van der Waals surface area contributed by atoms with Crippen molar-refractivity contribution in [3.8, 4) is 21.8 Å². The summed E-state index contributed by atoms with van der Waals surface area (Å²) in [6.07, 6.45) is 1.54. The normalized spacial score (nSPS) is 14.1. The summed E-state index contributed by atoms with van der Waals surface area (Å²) >= 11 is 1.38.